The van der Waals surface area contributed by atoms with Gasteiger partial charge in [0.2, 0.25) is 0 Å². The molecule has 0 bridgehead atoms. The zero-order valence-corrected chi connectivity index (χ0v) is 10.7. The lowest BCUT2D eigenvalue weighted by molar-refractivity contribution is 0.111. The van der Waals surface area contributed by atoms with Gasteiger partial charge in [-0.3, -0.25) is 9.48 Å². The molecule has 2 aromatic rings. The standard InChI is InChI=1S/C13H11BrN2O/c1-2-7-16-12(9-17)8-13(15-16)10-3-5-11(14)6-4-10/h2-6,8-9H,1,7H2. The second-order valence-electron chi connectivity index (χ2n) is 3.55. The molecule has 1 aromatic carbocycles. The molecular weight excluding hydrogens is 280 g/mol. The first-order valence-electron chi connectivity index (χ1n) is 5.14. The number of halogens is 1. The first kappa shape index (κ1) is 11.8. The fraction of sp³-hybridized carbons (Fsp3) is 0.0769. The molecule has 0 fully saturated rings. The Morgan fingerprint density at radius 3 is 2.65 bits per heavy atom. The molecule has 1 aromatic heterocycles. The second kappa shape index (κ2) is 5.10. The van der Waals surface area contributed by atoms with Crippen molar-refractivity contribution >= 4 is 22.2 Å². The van der Waals surface area contributed by atoms with Crippen molar-refractivity contribution in [1.29, 1.82) is 0 Å². The third-order valence-corrected chi connectivity index (χ3v) is 2.90. The Hall–Kier alpha value is -1.68. The number of hydrogen-bond donors (Lipinski definition) is 0. The molecule has 0 atom stereocenters. The highest BCUT2D eigenvalue weighted by Crippen LogP contribution is 2.21. The van der Waals surface area contributed by atoms with Crippen LogP contribution in [0.25, 0.3) is 11.3 Å². The molecule has 0 spiro atoms. The van der Waals surface area contributed by atoms with Gasteiger partial charge in [-0.2, -0.15) is 5.10 Å². The van der Waals surface area contributed by atoms with E-state index < -0.39 is 0 Å². The maximum Gasteiger partial charge on any atom is 0.168 e. The molecule has 0 aliphatic carbocycles. The van der Waals surface area contributed by atoms with E-state index in [-0.39, 0.29) is 0 Å². The summed E-state index contributed by atoms with van der Waals surface area (Å²) in [6, 6.07) is 9.59. The van der Waals surface area contributed by atoms with E-state index in [1.54, 1.807) is 16.8 Å². The Morgan fingerprint density at radius 1 is 1.35 bits per heavy atom. The van der Waals surface area contributed by atoms with Crippen LogP contribution < -0.4 is 0 Å². The highest BCUT2D eigenvalue weighted by Gasteiger charge is 2.07. The van der Waals surface area contributed by atoms with E-state index in [4.69, 9.17) is 0 Å². The van der Waals surface area contributed by atoms with E-state index in [1.807, 2.05) is 24.3 Å². The number of aldehydes is 1. The number of carbonyl (C=O) groups is 1. The van der Waals surface area contributed by atoms with Gasteiger partial charge >= 0.3 is 0 Å². The van der Waals surface area contributed by atoms with Gasteiger partial charge in [-0.25, -0.2) is 0 Å². The third-order valence-electron chi connectivity index (χ3n) is 2.37. The van der Waals surface area contributed by atoms with E-state index in [2.05, 4.69) is 27.6 Å². The zero-order chi connectivity index (χ0) is 12.3. The van der Waals surface area contributed by atoms with E-state index in [0.29, 0.717) is 12.2 Å². The van der Waals surface area contributed by atoms with Crippen molar-refractivity contribution in [1.82, 2.24) is 9.78 Å². The van der Waals surface area contributed by atoms with Crippen LogP contribution >= 0.6 is 15.9 Å². The van der Waals surface area contributed by atoms with Crippen molar-refractivity contribution in [3.63, 3.8) is 0 Å². The average molecular weight is 291 g/mol. The Morgan fingerprint density at radius 2 is 2.06 bits per heavy atom. The lowest BCUT2D eigenvalue weighted by Gasteiger charge is -1.98. The van der Waals surface area contributed by atoms with Gasteiger partial charge in [-0.05, 0) is 18.2 Å². The Labute approximate surface area is 108 Å². The van der Waals surface area contributed by atoms with E-state index in [1.165, 1.54) is 0 Å². The zero-order valence-electron chi connectivity index (χ0n) is 9.14. The van der Waals surface area contributed by atoms with Gasteiger partial charge in [-0.15, -0.1) is 6.58 Å². The van der Waals surface area contributed by atoms with E-state index >= 15 is 0 Å². The molecule has 2 rings (SSSR count). The highest BCUT2D eigenvalue weighted by atomic mass is 79.9. The van der Waals surface area contributed by atoms with Crippen LogP contribution in [-0.2, 0) is 6.54 Å². The third kappa shape index (κ3) is 2.53. The fourth-order valence-corrected chi connectivity index (χ4v) is 1.82. The minimum Gasteiger partial charge on any atom is -0.296 e. The molecule has 0 saturated heterocycles. The van der Waals surface area contributed by atoms with Crippen LogP contribution in [0.5, 0.6) is 0 Å². The minimum absolute atomic E-state index is 0.532. The smallest absolute Gasteiger partial charge is 0.168 e. The van der Waals surface area contributed by atoms with Crippen LogP contribution in [0.4, 0.5) is 0 Å². The molecular formula is C13H11BrN2O. The molecule has 0 unspecified atom stereocenters. The normalized spacial score (nSPS) is 10.2. The summed E-state index contributed by atoms with van der Waals surface area (Å²) < 4.78 is 2.65. The fourth-order valence-electron chi connectivity index (χ4n) is 1.56. The summed E-state index contributed by atoms with van der Waals surface area (Å²) >= 11 is 3.38. The number of carbonyl (C=O) groups excluding carboxylic acids is 1. The van der Waals surface area contributed by atoms with Crippen molar-refractivity contribution in [3.8, 4) is 11.3 Å². The predicted octanol–water partition coefficient (Wildman–Crippen LogP) is 3.31. The Bertz CT molecular complexity index is 543. The van der Waals surface area contributed by atoms with Crippen LogP contribution in [0, 0.1) is 0 Å². The van der Waals surface area contributed by atoms with Gasteiger partial charge in [0.1, 0.15) is 5.69 Å². The van der Waals surface area contributed by atoms with Crippen LogP contribution in [-0.4, -0.2) is 16.1 Å². The quantitative estimate of drug-likeness (QED) is 0.640. The number of rotatable bonds is 4. The minimum atomic E-state index is 0.532. The average Bonchev–Trinajstić information content (AvgIpc) is 2.74. The number of aromatic nitrogens is 2. The van der Waals surface area contributed by atoms with Crippen LogP contribution in [0.15, 0.2) is 47.5 Å². The van der Waals surface area contributed by atoms with Crippen molar-refractivity contribution in [2.24, 2.45) is 0 Å². The molecule has 0 radical (unpaired) electrons. The molecule has 4 heteroatoms. The molecule has 0 aliphatic rings. The number of hydrogen-bond acceptors (Lipinski definition) is 2. The SMILES string of the molecule is C=CCn1nc(-c2ccc(Br)cc2)cc1C=O. The largest absolute Gasteiger partial charge is 0.296 e. The Kier molecular flexibility index (Phi) is 3.54. The topological polar surface area (TPSA) is 34.9 Å². The number of allylic oxidation sites excluding steroid dienone is 1. The van der Waals surface area contributed by atoms with Gasteiger partial charge < -0.3 is 0 Å². The molecule has 0 aliphatic heterocycles. The Balaban J connectivity index is 2.42. The maximum absolute atomic E-state index is 10.9. The lowest BCUT2D eigenvalue weighted by atomic mass is 10.1. The molecule has 0 saturated carbocycles. The van der Waals surface area contributed by atoms with E-state index in [0.717, 1.165) is 22.0 Å². The van der Waals surface area contributed by atoms with Crippen LogP contribution in [0.3, 0.4) is 0 Å². The summed E-state index contributed by atoms with van der Waals surface area (Å²) in [4.78, 5) is 10.9. The lowest BCUT2D eigenvalue weighted by Crippen LogP contribution is -2.01. The summed E-state index contributed by atoms with van der Waals surface area (Å²) in [5, 5.41) is 4.37. The van der Waals surface area contributed by atoms with Crippen molar-refractivity contribution in [3.05, 3.63) is 53.2 Å². The molecule has 0 N–H and O–H groups in total. The van der Waals surface area contributed by atoms with E-state index in [9.17, 15) is 4.79 Å². The summed E-state index contributed by atoms with van der Waals surface area (Å²) in [6.07, 6.45) is 2.52. The van der Waals surface area contributed by atoms with Gasteiger partial charge in [0.25, 0.3) is 0 Å². The summed E-state index contributed by atoms with van der Waals surface area (Å²) in [5.74, 6) is 0. The first-order valence-corrected chi connectivity index (χ1v) is 5.94. The van der Waals surface area contributed by atoms with Gasteiger partial charge in [0.05, 0.1) is 12.2 Å². The monoisotopic (exact) mass is 290 g/mol. The summed E-state index contributed by atoms with van der Waals surface area (Å²) in [7, 11) is 0. The van der Waals surface area contributed by atoms with Gasteiger partial charge in [-0.1, -0.05) is 34.1 Å². The molecule has 3 nitrogen and oxygen atoms in total. The summed E-state index contributed by atoms with van der Waals surface area (Å²) in [6.45, 7) is 4.17. The summed E-state index contributed by atoms with van der Waals surface area (Å²) in [5.41, 5.74) is 2.34. The van der Waals surface area contributed by atoms with Crippen molar-refractivity contribution < 1.29 is 4.79 Å². The van der Waals surface area contributed by atoms with Crippen molar-refractivity contribution in [2.75, 3.05) is 0 Å². The molecule has 17 heavy (non-hydrogen) atoms. The number of nitrogens with zero attached hydrogens (tertiary/aromatic N) is 2. The first-order chi connectivity index (χ1) is 8.24. The second-order valence-corrected chi connectivity index (χ2v) is 4.47. The predicted molar refractivity (Wildman–Crippen MR) is 70.9 cm³/mol. The maximum atomic E-state index is 10.9. The van der Waals surface area contributed by atoms with Gasteiger partial charge in [0.15, 0.2) is 6.29 Å². The van der Waals surface area contributed by atoms with Crippen LogP contribution in [0.2, 0.25) is 0 Å². The molecule has 1 heterocycles. The van der Waals surface area contributed by atoms with Crippen molar-refractivity contribution in [2.45, 2.75) is 6.54 Å². The molecule has 86 valence electrons. The number of benzene rings is 1. The highest BCUT2D eigenvalue weighted by molar-refractivity contribution is 9.10. The van der Waals surface area contributed by atoms with Gasteiger partial charge in [0, 0.05) is 10.0 Å². The molecule has 0 amide bonds. The van der Waals surface area contributed by atoms with Crippen LogP contribution in [0.1, 0.15) is 10.5 Å².